The number of anilines is 2. The fourth-order valence-corrected chi connectivity index (χ4v) is 4.02. The molecule has 4 N–H and O–H groups in total. The van der Waals surface area contributed by atoms with E-state index in [0.29, 0.717) is 31.5 Å². The second kappa shape index (κ2) is 13.5. The van der Waals surface area contributed by atoms with Crippen LogP contribution in [0.15, 0.2) is 48.5 Å². The lowest BCUT2D eigenvalue weighted by molar-refractivity contribution is -0.145. The van der Waals surface area contributed by atoms with Gasteiger partial charge in [0.1, 0.15) is 11.9 Å². The zero-order chi connectivity index (χ0) is 25.4. The highest BCUT2D eigenvalue weighted by Crippen LogP contribution is 2.26. The summed E-state index contributed by atoms with van der Waals surface area (Å²) < 4.78 is 4.87. The largest absolute Gasteiger partial charge is 0.467 e. The van der Waals surface area contributed by atoms with Crippen molar-refractivity contribution in [3.8, 4) is 0 Å². The normalized spacial score (nSPS) is 13.7. The Bertz CT molecular complexity index is 1060. The van der Waals surface area contributed by atoms with E-state index in [1.807, 2.05) is 24.3 Å². The zero-order valence-corrected chi connectivity index (χ0v) is 21.5. The molecule has 0 radical (unpaired) electrons. The predicted molar refractivity (Wildman–Crippen MR) is 143 cm³/mol. The van der Waals surface area contributed by atoms with Gasteiger partial charge in [-0.2, -0.15) is 0 Å². The lowest BCUT2D eigenvalue weighted by Gasteiger charge is -2.20. The van der Waals surface area contributed by atoms with Gasteiger partial charge in [0, 0.05) is 42.9 Å². The molecular formula is C26H34ClN5O4. The molecule has 0 aliphatic carbocycles. The summed E-state index contributed by atoms with van der Waals surface area (Å²) in [7, 11) is 1.31. The van der Waals surface area contributed by atoms with Crippen LogP contribution in [0.3, 0.4) is 0 Å². The van der Waals surface area contributed by atoms with Crippen molar-refractivity contribution >= 4 is 47.5 Å². The van der Waals surface area contributed by atoms with Crippen molar-refractivity contribution in [3.05, 3.63) is 59.7 Å². The third-order valence-electron chi connectivity index (χ3n) is 6.02. The maximum Gasteiger partial charge on any atom is 0.329 e. The maximum absolute atomic E-state index is 13.0. The molecule has 3 rings (SSSR count). The number of amidine groups is 1. The minimum absolute atomic E-state index is 0. The first-order valence-corrected chi connectivity index (χ1v) is 11.8. The van der Waals surface area contributed by atoms with E-state index in [2.05, 4.69) is 12.2 Å². The number of nitrogens with zero attached hydrogens (tertiary/aromatic N) is 2. The molecule has 1 fully saturated rings. The number of ether oxygens (including phenoxy) is 1. The summed E-state index contributed by atoms with van der Waals surface area (Å²) in [6, 6.07) is 13.5. The number of hydrogen-bond donors (Lipinski definition) is 3. The monoisotopic (exact) mass is 515 g/mol. The van der Waals surface area contributed by atoms with Crippen LogP contribution in [0.4, 0.5) is 16.2 Å². The van der Waals surface area contributed by atoms with Gasteiger partial charge in [0.15, 0.2) is 0 Å². The first kappa shape index (κ1) is 28.6. The molecule has 0 bridgehead atoms. The number of carbonyl (C=O) groups excluding carboxylic acids is 3. The van der Waals surface area contributed by atoms with E-state index in [-0.39, 0.29) is 30.2 Å². The van der Waals surface area contributed by atoms with Crippen molar-refractivity contribution in [1.82, 2.24) is 5.32 Å². The number of unbranched alkanes of at least 4 members (excludes halogenated alkanes) is 2. The number of urea groups is 1. The van der Waals surface area contributed by atoms with Crippen LogP contribution in [0.2, 0.25) is 0 Å². The van der Waals surface area contributed by atoms with Crippen LogP contribution in [0, 0.1) is 5.41 Å². The Hall–Kier alpha value is -3.59. The molecule has 2 aromatic carbocycles. The minimum Gasteiger partial charge on any atom is -0.467 e. The summed E-state index contributed by atoms with van der Waals surface area (Å²) in [5.74, 6) is -0.667. The summed E-state index contributed by atoms with van der Waals surface area (Å²) in [6.07, 6.45) is 3.45. The predicted octanol–water partition coefficient (Wildman–Crippen LogP) is 3.62. The van der Waals surface area contributed by atoms with Gasteiger partial charge in [-0.05, 0) is 48.4 Å². The summed E-state index contributed by atoms with van der Waals surface area (Å²) in [6.45, 7) is 3.14. The third kappa shape index (κ3) is 7.21. The number of amides is 3. The highest BCUT2D eigenvalue weighted by Gasteiger charge is 2.30. The Morgan fingerprint density at radius 2 is 1.58 bits per heavy atom. The van der Waals surface area contributed by atoms with E-state index in [9.17, 15) is 14.4 Å². The molecule has 9 nitrogen and oxygen atoms in total. The van der Waals surface area contributed by atoms with Crippen LogP contribution in [-0.2, 0) is 20.7 Å². The van der Waals surface area contributed by atoms with Gasteiger partial charge < -0.3 is 15.8 Å². The molecule has 1 saturated heterocycles. The van der Waals surface area contributed by atoms with Gasteiger partial charge in [-0.1, -0.05) is 31.9 Å². The number of nitrogens with one attached hydrogen (secondary N) is 2. The van der Waals surface area contributed by atoms with E-state index >= 15 is 0 Å². The number of carbonyl (C=O) groups is 3. The molecule has 194 valence electrons. The fraction of sp³-hybridized carbons (Fsp3) is 0.385. The molecule has 10 heteroatoms. The van der Waals surface area contributed by atoms with Gasteiger partial charge in [-0.3, -0.25) is 20.0 Å². The maximum atomic E-state index is 13.0. The number of nitrogen functional groups attached to an aromatic ring is 1. The second-order valence-corrected chi connectivity index (χ2v) is 8.52. The van der Waals surface area contributed by atoms with Crippen molar-refractivity contribution in [2.75, 3.05) is 30.0 Å². The molecule has 0 aromatic heterocycles. The third-order valence-corrected chi connectivity index (χ3v) is 6.02. The first-order chi connectivity index (χ1) is 16.8. The Morgan fingerprint density at radius 1 is 1.03 bits per heavy atom. The molecular weight excluding hydrogens is 482 g/mol. The van der Waals surface area contributed by atoms with E-state index < -0.39 is 12.0 Å². The van der Waals surface area contributed by atoms with E-state index in [0.717, 1.165) is 36.2 Å². The molecule has 1 atom stereocenters. The summed E-state index contributed by atoms with van der Waals surface area (Å²) >= 11 is 0. The number of halogens is 1. The van der Waals surface area contributed by atoms with Gasteiger partial charge in [-0.15, -0.1) is 12.4 Å². The Balaban J connectivity index is 0.00000456. The molecule has 3 amide bonds. The van der Waals surface area contributed by atoms with Crippen molar-refractivity contribution in [2.24, 2.45) is 5.73 Å². The molecule has 1 unspecified atom stereocenters. The van der Waals surface area contributed by atoms with Crippen LogP contribution < -0.4 is 20.9 Å². The summed E-state index contributed by atoms with van der Waals surface area (Å²) in [4.78, 5) is 40.8. The number of methoxy groups -OCH3 is 1. The quantitative estimate of drug-likeness (QED) is 0.182. The number of benzene rings is 2. The average molecular weight is 516 g/mol. The Labute approximate surface area is 217 Å². The Kier molecular flexibility index (Phi) is 10.7. The first-order valence-electron chi connectivity index (χ1n) is 11.8. The summed E-state index contributed by atoms with van der Waals surface area (Å²) in [5.41, 5.74) is 8.46. The van der Waals surface area contributed by atoms with Crippen molar-refractivity contribution in [1.29, 1.82) is 5.41 Å². The molecule has 2 aromatic rings. The SMILES string of the molecule is CCCCCC(=O)NC(Cc1ccc(N2CCN(c3ccc(C(=N)N)cc3)C2=O)cc1)C(=O)OC.Cl. The van der Waals surface area contributed by atoms with Crippen molar-refractivity contribution in [2.45, 2.75) is 45.1 Å². The zero-order valence-electron chi connectivity index (χ0n) is 20.7. The molecule has 1 aliphatic rings. The fourth-order valence-electron chi connectivity index (χ4n) is 4.02. The molecule has 0 saturated carbocycles. The van der Waals surface area contributed by atoms with E-state index in [4.69, 9.17) is 15.9 Å². The van der Waals surface area contributed by atoms with Gasteiger partial charge in [0.25, 0.3) is 0 Å². The van der Waals surface area contributed by atoms with Gasteiger partial charge >= 0.3 is 12.0 Å². The second-order valence-electron chi connectivity index (χ2n) is 8.52. The van der Waals surface area contributed by atoms with Crippen LogP contribution >= 0.6 is 12.4 Å². The summed E-state index contributed by atoms with van der Waals surface area (Å²) in [5, 5.41) is 10.3. The van der Waals surface area contributed by atoms with Gasteiger partial charge in [-0.25, -0.2) is 9.59 Å². The number of hydrogen-bond acceptors (Lipinski definition) is 5. The smallest absolute Gasteiger partial charge is 0.329 e. The minimum atomic E-state index is -0.762. The van der Waals surface area contributed by atoms with Crippen LogP contribution in [0.1, 0.15) is 43.7 Å². The molecule has 1 heterocycles. The standard InChI is InChI=1S/C26H33N5O4.ClH/c1-3-4-5-6-23(32)29-22(25(33)35-2)17-18-7-11-20(12-8-18)30-15-16-31(26(30)34)21-13-9-19(10-14-21)24(27)28;/h7-14,22H,3-6,15-17H2,1-2H3,(H3,27,28)(H,29,32);1H. The van der Waals surface area contributed by atoms with Gasteiger partial charge in [0.2, 0.25) is 5.91 Å². The van der Waals surface area contributed by atoms with Crippen LogP contribution in [0.5, 0.6) is 0 Å². The Morgan fingerprint density at radius 3 is 2.08 bits per heavy atom. The highest BCUT2D eigenvalue weighted by molar-refractivity contribution is 6.06. The number of nitrogens with two attached hydrogens (primary N) is 1. The molecule has 0 spiro atoms. The average Bonchev–Trinajstić information content (AvgIpc) is 3.25. The van der Waals surface area contributed by atoms with Gasteiger partial charge in [0.05, 0.1) is 7.11 Å². The number of esters is 1. The molecule has 36 heavy (non-hydrogen) atoms. The van der Waals surface area contributed by atoms with Crippen molar-refractivity contribution < 1.29 is 19.1 Å². The lowest BCUT2D eigenvalue weighted by Crippen LogP contribution is -2.43. The van der Waals surface area contributed by atoms with Crippen molar-refractivity contribution in [3.63, 3.8) is 0 Å². The van der Waals surface area contributed by atoms with E-state index in [1.54, 1.807) is 34.1 Å². The van der Waals surface area contributed by atoms with Crippen LogP contribution in [-0.4, -0.2) is 50.0 Å². The highest BCUT2D eigenvalue weighted by atomic mass is 35.5. The number of rotatable bonds is 11. The molecule has 1 aliphatic heterocycles. The lowest BCUT2D eigenvalue weighted by atomic mass is 10.0. The topological polar surface area (TPSA) is 129 Å². The van der Waals surface area contributed by atoms with Crippen LogP contribution in [0.25, 0.3) is 0 Å². The van der Waals surface area contributed by atoms with E-state index in [1.165, 1.54) is 7.11 Å².